The van der Waals surface area contributed by atoms with Gasteiger partial charge in [-0.3, -0.25) is 9.48 Å². The highest BCUT2D eigenvalue weighted by atomic mass is 79.9. The van der Waals surface area contributed by atoms with Gasteiger partial charge in [0.15, 0.2) is 22.9 Å². The summed E-state index contributed by atoms with van der Waals surface area (Å²) in [6.45, 7) is 0.315. The Hall–Kier alpha value is -3.61. The molecule has 39 heavy (non-hydrogen) atoms. The molecule has 1 amide bonds. The van der Waals surface area contributed by atoms with Crippen LogP contribution in [0, 0.1) is 0 Å². The molecule has 0 radical (unpaired) electrons. The minimum atomic E-state index is -4.82. The highest BCUT2D eigenvalue weighted by molar-refractivity contribution is 9.10. The maximum atomic E-state index is 14.0. The molecule has 5 aromatic rings. The van der Waals surface area contributed by atoms with Crippen LogP contribution in [0.5, 0.6) is 5.75 Å². The van der Waals surface area contributed by atoms with E-state index in [1.807, 2.05) is 12.1 Å². The zero-order chi connectivity index (χ0) is 27.9. The van der Waals surface area contributed by atoms with Crippen molar-refractivity contribution in [1.29, 1.82) is 0 Å². The highest BCUT2D eigenvalue weighted by Gasteiger charge is 2.37. The van der Waals surface area contributed by atoms with Crippen LogP contribution in [0.3, 0.4) is 0 Å². The van der Waals surface area contributed by atoms with E-state index in [1.165, 1.54) is 17.9 Å². The number of nitrogens with zero attached hydrogens (tertiary/aromatic N) is 5. The summed E-state index contributed by atoms with van der Waals surface area (Å²) in [4.78, 5) is 17.4. The summed E-state index contributed by atoms with van der Waals surface area (Å²) in [5.41, 5.74) is -0.811. The fourth-order valence-corrected chi connectivity index (χ4v) is 4.66. The number of halogens is 6. The molecule has 0 aliphatic heterocycles. The van der Waals surface area contributed by atoms with Gasteiger partial charge in [0.1, 0.15) is 10.8 Å². The van der Waals surface area contributed by atoms with Gasteiger partial charge in [0.25, 0.3) is 5.91 Å². The van der Waals surface area contributed by atoms with E-state index < -0.39 is 23.5 Å². The largest absolute Gasteiger partial charge is 0.497 e. The molecule has 0 aliphatic carbocycles. The van der Waals surface area contributed by atoms with Gasteiger partial charge in [-0.15, -0.1) is 0 Å². The molecular formula is C25H16BrCl2F3N6O2. The van der Waals surface area contributed by atoms with Crippen LogP contribution in [0.1, 0.15) is 21.7 Å². The molecule has 0 aliphatic rings. The van der Waals surface area contributed by atoms with Gasteiger partial charge >= 0.3 is 6.18 Å². The number of nitrogens with one attached hydrogen (secondary N) is 1. The van der Waals surface area contributed by atoms with Crippen molar-refractivity contribution in [2.45, 2.75) is 12.7 Å². The lowest BCUT2D eigenvalue weighted by Gasteiger charge is -2.11. The maximum Gasteiger partial charge on any atom is 0.433 e. The third-order valence-corrected chi connectivity index (χ3v) is 6.94. The Labute approximate surface area is 237 Å². The molecule has 3 aromatic heterocycles. The number of anilines is 1. The Bertz CT molecular complexity index is 1720. The zero-order valence-electron chi connectivity index (χ0n) is 19.8. The minimum absolute atomic E-state index is 0.0245. The van der Waals surface area contributed by atoms with Crippen molar-refractivity contribution in [3.63, 3.8) is 0 Å². The second-order valence-corrected chi connectivity index (χ2v) is 9.86. The predicted octanol–water partition coefficient (Wildman–Crippen LogP) is 6.99. The van der Waals surface area contributed by atoms with Gasteiger partial charge in [-0.2, -0.15) is 23.4 Å². The molecule has 2 aromatic carbocycles. The Kier molecular flexibility index (Phi) is 7.27. The molecule has 0 saturated heterocycles. The first-order chi connectivity index (χ1) is 18.5. The van der Waals surface area contributed by atoms with Crippen molar-refractivity contribution >= 4 is 56.5 Å². The van der Waals surface area contributed by atoms with Crippen LogP contribution < -0.4 is 10.1 Å². The van der Waals surface area contributed by atoms with Gasteiger partial charge < -0.3 is 10.1 Å². The fraction of sp³-hybridized carbons (Fsp3) is 0.120. The third kappa shape index (κ3) is 5.45. The molecule has 0 bridgehead atoms. The van der Waals surface area contributed by atoms with E-state index in [1.54, 1.807) is 36.5 Å². The molecule has 0 atom stereocenters. The number of rotatable bonds is 6. The van der Waals surface area contributed by atoms with Crippen LogP contribution >= 0.6 is 39.1 Å². The number of hydrogen-bond acceptors (Lipinski definition) is 5. The van der Waals surface area contributed by atoms with E-state index in [9.17, 15) is 18.0 Å². The number of ether oxygens (including phenoxy) is 1. The minimum Gasteiger partial charge on any atom is -0.497 e. The smallest absolute Gasteiger partial charge is 0.433 e. The first kappa shape index (κ1) is 27.0. The van der Waals surface area contributed by atoms with Crippen LogP contribution in [-0.4, -0.2) is 37.4 Å². The molecule has 0 unspecified atom stereocenters. The van der Waals surface area contributed by atoms with Crippen LogP contribution in [-0.2, 0) is 12.7 Å². The fourth-order valence-electron chi connectivity index (χ4n) is 3.80. The molecule has 200 valence electrons. The Morgan fingerprint density at radius 2 is 1.87 bits per heavy atom. The van der Waals surface area contributed by atoms with Crippen LogP contribution in [0.15, 0.2) is 65.3 Å². The Balaban J connectivity index is 1.51. The normalized spacial score (nSPS) is 11.7. The average Bonchev–Trinajstić information content (AvgIpc) is 3.42. The topological polar surface area (TPSA) is 86.3 Å². The van der Waals surface area contributed by atoms with Crippen molar-refractivity contribution < 1.29 is 22.7 Å². The van der Waals surface area contributed by atoms with Crippen molar-refractivity contribution in [3.8, 4) is 17.0 Å². The Morgan fingerprint density at radius 1 is 1.10 bits per heavy atom. The molecular weight excluding hydrogens is 624 g/mol. The molecule has 8 nitrogen and oxygen atoms in total. The maximum absolute atomic E-state index is 14.0. The number of amides is 1. The van der Waals surface area contributed by atoms with E-state index in [0.29, 0.717) is 31.9 Å². The monoisotopic (exact) mass is 638 g/mol. The summed E-state index contributed by atoms with van der Waals surface area (Å²) in [7, 11) is 1.44. The first-order valence-corrected chi connectivity index (χ1v) is 12.7. The van der Waals surface area contributed by atoms with Gasteiger partial charge in [0.05, 0.1) is 23.8 Å². The van der Waals surface area contributed by atoms with E-state index in [4.69, 9.17) is 27.9 Å². The predicted molar refractivity (Wildman–Crippen MR) is 143 cm³/mol. The molecule has 3 heterocycles. The molecule has 0 fully saturated rings. The zero-order valence-corrected chi connectivity index (χ0v) is 22.9. The molecule has 0 saturated carbocycles. The van der Waals surface area contributed by atoms with Gasteiger partial charge in [0, 0.05) is 16.8 Å². The van der Waals surface area contributed by atoms with Crippen molar-refractivity contribution in [2.75, 3.05) is 12.4 Å². The first-order valence-electron chi connectivity index (χ1n) is 11.1. The van der Waals surface area contributed by atoms with Crippen LogP contribution in [0.25, 0.3) is 16.9 Å². The van der Waals surface area contributed by atoms with Crippen LogP contribution in [0.4, 0.5) is 19.0 Å². The lowest BCUT2D eigenvalue weighted by molar-refractivity contribution is -0.142. The number of benzene rings is 2. The standard InChI is InChI=1S/C25H16BrCl2F3N6O2/c1-39-15-7-4-6-13(9-15)18-10-19(25(29,30)31)37-23(32-18)20(28)21(34-37)24(38)33-22-16(26)12-36(35-22)11-14-5-2-3-8-17(14)27/h2-10,12H,11H2,1H3,(H,33,35,38). The summed E-state index contributed by atoms with van der Waals surface area (Å²) >= 11 is 15.9. The number of carbonyl (C=O) groups is 1. The molecule has 14 heteroatoms. The van der Waals surface area contributed by atoms with Gasteiger partial charge in [-0.25, -0.2) is 9.50 Å². The second-order valence-electron chi connectivity index (χ2n) is 8.22. The lowest BCUT2D eigenvalue weighted by Crippen LogP contribution is -2.16. The van der Waals surface area contributed by atoms with Crippen molar-refractivity contribution in [3.05, 3.63) is 92.3 Å². The van der Waals surface area contributed by atoms with E-state index in [-0.39, 0.29) is 22.2 Å². The van der Waals surface area contributed by atoms with E-state index in [0.717, 1.165) is 11.6 Å². The number of carbonyl (C=O) groups excluding carboxylic acids is 1. The number of aromatic nitrogens is 5. The van der Waals surface area contributed by atoms with Crippen molar-refractivity contribution in [1.82, 2.24) is 24.4 Å². The van der Waals surface area contributed by atoms with E-state index in [2.05, 4.69) is 36.4 Å². The van der Waals surface area contributed by atoms with E-state index >= 15 is 0 Å². The summed E-state index contributed by atoms with van der Waals surface area (Å²) < 4.78 is 49.7. The SMILES string of the molecule is COc1cccc(-c2cc(C(F)(F)F)n3nc(C(=O)Nc4nn(Cc5ccccc5Cl)cc4Br)c(Cl)c3n2)c1. The third-order valence-electron chi connectivity index (χ3n) is 5.64. The molecule has 5 rings (SSSR count). The second kappa shape index (κ2) is 10.5. The van der Waals surface area contributed by atoms with Crippen LogP contribution in [0.2, 0.25) is 10.0 Å². The van der Waals surface area contributed by atoms with Gasteiger partial charge in [-0.05, 0) is 45.8 Å². The lowest BCUT2D eigenvalue weighted by atomic mass is 10.1. The summed E-state index contributed by atoms with van der Waals surface area (Å²) in [5, 5.41) is 10.9. The highest BCUT2D eigenvalue weighted by Crippen LogP contribution is 2.35. The summed E-state index contributed by atoms with van der Waals surface area (Å²) in [6, 6.07) is 14.4. The molecule has 0 spiro atoms. The molecule has 1 N–H and O–H groups in total. The van der Waals surface area contributed by atoms with Crippen molar-refractivity contribution in [2.24, 2.45) is 0 Å². The van der Waals surface area contributed by atoms with Gasteiger partial charge in [0.2, 0.25) is 0 Å². The number of alkyl halides is 3. The average molecular weight is 640 g/mol. The van der Waals surface area contributed by atoms with Gasteiger partial charge in [-0.1, -0.05) is 53.5 Å². The summed E-state index contributed by atoms with van der Waals surface area (Å²) in [5.74, 6) is -0.326. The Morgan fingerprint density at radius 3 is 2.59 bits per heavy atom. The number of methoxy groups -OCH3 is 1. The quantitative estimate of drug-likeness (QED) is 0.216. The number of hydrogen-bond donors (Lipinski definition) is 1. The number of fused-ring (bicyclic) bond motifs is 1. The summed E-state index contributed by atoms with van der Waals surface area (Å²) in [6.07, 6.45) is -3.20.